The van der Waals surface area contributed by atoms with Crippen molar-refractivity contribution in [2.24, 2.45) is 7.05 Å². The Hall–Kier alpha value is -0.670. The second-order valence-electron chi connectivity index (χ2n) is 4.93. The van der Waals surface area contributed by atoms with E-state index in [0.717, 1.165) is 0 Å². The molecule has 0 aliphatic carbocycles. The summed E-state index contributed by atoms with van der Waals surface area (Å²) >= 11 is 5.93. The van der Waals surface area contributed by atoms with Crippen molar-refractivity contribution in [2.75, 3.05) is 26.3 Å². The van der Waals surface area contributed by atoms with Crippen LogP contribution < -0.4 is 0 Å². The van der Waals surface area contributed by atoms with Crippen LogP contribution in [-0.4, -0.2) is 54.6 Å². The number of ether oxygens (including phenoxy) is 2. The summed E-state index contributed by atoms with van der Waals surface area (Å²) < 4.78 is 39.1. The molecule has 0 aromatic carbocycles. The molecular formula is C11H16ClN3O4S. The molecule has 0 bridgehead atoms. The summed E-state index contributed by atoms with van der Waals surface area (Å²) in [5.74, 6) is -0.595. The predicted molar refractivity (Wildman–Crippen MR) is 70.8 cm³/mol. The van der Waals surface area contributed by atoms with Crippen LogP contribution in [0.1, 0.15) is 12.8 Å². The molecule has 0 unspecified atom stereocenters. The van der Waals surface area contributed by atoms with Crippen molar-refractivity contribution in [3.8, 4) is 0 Å². The molecule has 2 saturated heterocycles. The number of aryl methyl sites for hydroxylation is 1. The van der Waals surface area contributed by atoms with Crippen LogP contribution in [0.3, 0.4) is 0 Å². The van der Waals surface area contributed by atoms with E-state index in [1.165, 1.54) is 15.2 Å². The Morgan fingerprint density at radius 3 is 2.40 bits per heavy atom. The first-order valence-electron chi connectivity index (χ1n) is 6.40. The van der Waals surface area contributed by atoms with Crippen LogP contribution in [0.4, 0.5) is 0 Å². The third-order valence-corrected chi connectivity index (χ3v) is 6.13. The first kappa shape index (κ1) is 14.3. The lowest BCUT2D eigenvalue weighted by atomic mass is 10.1. The molecule has 9 heteroatoms. The van der Waals surface area contributed by atoms with Gasteiger partial charge >= 0.3 is 0 Å². The maximum Gasteiger partial charge on any atom is 0.261 e. The van der Waals surface area contributed by atoms with E-state index in [1.54, 1.807) is 7.05 Å². The van der Waals surface area contributed by atoms with Crippen LogP contribution in [0.15, 0.2) is 11.2 Å². The Balaban J connectivity index is 1.80. The topological polar surface area (TPSA) is 73.7 Å². The van der Waals surface area contributed by atoms with Gasteiger partial charge in [-0.15, -0.1) is 0 Å². The maximum atomic E-state index is 12.6. The zero-order chi connectivity index (χ0) is 14.4. The van der Waals surface area contributed by atoms with Gasteiger partial charge < -0.3 is 9.47 Å². The first-order chi connectivity index (χ1) is 9.45. The average Bonchev–Trinajstić information content (AvgIpc) is 2.98. The number of aromatic nitrogens is 2. The van der Waals surface area contributed by atoms with Crippen molar-refractivity contribution in [1.29, 1.82) is 0 Å². The van der Waals surface area contributed by atoms with Gasteiger partial charge in [0.1, 0.15) is 0 Å². The van der Waals surface area contributed by atoms with Gasteiger partial charge in [-0.3, -0.25) is 4.68 Å². The van der Waals surface area contributed by atoms with Gasteiger partial charge in [-0.2, -0.15) is 9.40 Å². The Morgan fingerprint density at radius 1 is 1.30 bits per heavy atom. The van der Waals surface area contributed by atoms with Crippen molar-refractivity contribution in [2.45, 2.75) is 23.7 Å². The molecule has 20 heavy (non-hydrogen) atoms. The van der Waals surface area contributed by atoms with Gasteiger partial charge in [0.15, 0.2) is 10.8 Å². The normalized spacial score (nSPS) is 23.5. The lowest BCUT2D eigenvalue weighted by Crippen LogP contribution is -2.47. The summed E-state index contributed by atoms with van der Waals surface area (Å²) in [6, 6.07) is 0. The number of hydrogen-bond donors (Lipinski definition) is 0. The number of piperidine rings is 1. The zero-order valence-corrected chi connectivity index (χ0v) is 12.7. The fourth-order valence-corrected chi connectivity index (χ4v) is 4.71. The molecule has 3 heterocycles. The van der Waals surface area contributed by atoms with Crippen LogP contribution >= 0.6 is 11.6 Å². The van der Waals surface area contributed by atoms with Crippen molar-refractivity contribution in [3.05, 3.63) is 11.2 Å². The second kappa shape index (κ2) is 4.96. The highest BCUT2D eigenvalue weighted by Crippen LogP contribution is 2.34. The Morgan fingerprint density at radius 2 is 1.90 bits per heavy atom. The summed E-state index contributed by atoms with van der Waals surface area (Å²) in [6.07, 6.45) is 2.40. The third-order valence-electron chi connectivity index (χ3n) is 3.72. The quantitative estimate of drug-likeness (QED) is 0.797. The Bertz CT molecular complexity index is 580. The minimum atomic E-state index is -3.64. The Labute approximate surface area is 122 Å². The van der Waals surface area contributed by atoms with Crippen LogP contribution in [0, 0.1) is 0 Å². The number of hydrogen-bond acceptors (Lipinski definition) is 5. The second-order valence-corrected chi connectivity index (χ2v) is 7.19. The molecule has 112 valence electrons. The van der Waals surface area contributed by atoms with E-state index in [-0.39, 0.29) is 10.0 Å². The highest BCUT2D eigenvalue weighted by Gasteiger charge is 2.43. The monoisotopic (exact) mass is 321 g/mol. The summed E-state index contributed by atoms with van der Waals surface area (Å²) in [5.41, 5.74) is 0. The van der Waals surface area contributed by atoms with Crippen LogP contribution in [0.25, 0.3) is 0 Å². The molecule has 0 saturated carbocycles. The van der Waals surface area contributed by atoms with Gasteiger partial charge in [-0.05, 0) is 0 Å². The summed E-state index contributed by atoms with van der Waals surface area (Å²) in [7, 11) is -2.07. The van der Waals surface area contributed by atoms with Crippen molar-refractivity contribution in [1.82, 2.24) is 14.1 Å². The first-order valence-corrected chi connectivity index (χ1v) is 8.22. The van der Waals surface area contributed by atoms with Gasteiger partial charge in [0.25, 0.3) is 10.0 Å². The molecule has 2 aliphatic rings. The predicted octanol–water partition coefficient (Wildman–Crippen LogP) is 0.601. The van der Waals surface area contributed by atoms with Crippen molar-refractivity contribution in [3.63, 3.8) is 0 Å². The van der Waals surface area contributed by atoms with E-state index in [9.17, 15) is 8.42 Å². The highest BCUT2D eigenvalue weighted by molar-refractivity contribution is 7.89. The molecule has 2 aliphatic heterocycles. The van der Waals surface area contributed by atoms with E-state index in [4.69, 9.17) is 21.1 Å². The molecule has 1 aromatic heterocycles. The lowest BCUT2D eigenvalue weighted by molar-refractivity contribution is -0.179. The Kier molecular flexibility index (Phi) is 3.54. The average molecular weight is 322 g/mol. The molecule has 1 aromatic rings. The zero-order valence-electron chi connectivity index (χ0n) is 11.1. The minimum Gasteiger partial charge on any atom is -0.347 e. The number of rotatable bonds is 2. The SMILES string of the molecule is Cn1ncc(Cl)c1S(=O)(=O)N1CCC2(CC1)OCCO2. The maximum absolute atomic E-state index is 12.6. The smallest absolute Gasteiger partial charge is 0.261 e. The molecule has 0 N–H and O–H groups in total. The van der Waals surface area contributed by atoms with Crippen LogP contribution in [0.2, 0.25) is 5.02 Å². The molecule has 7 nitrogen and oxygen atoms in total. The number of halogens is 1. The fourth-order valence-electron chi connectivity index (χ4n) is 2.66. The fraction of sp³-hybridized carbons (Fsp3) is 0.727. The van der Waals surface area contributed by atoms with Crippen LogP contribution in [-0.2, 0) is 26.5 Å². The van der Waals surface area contributed by atoms with Crippen molar-refractivity contribution >= 4 is 21.6 Å². The van der Waals surface area contributed by atoms with E-state index < -0.39 is 15.8 Å². The van der Waals surface area contributed by atoms with E-state index in [1.807, 2.05) is 0 Å². The van der Waals surface area contributed by atoms with Gasteiger partial charge in [-0.25, -0.2) is 8.42 Å². The van der Waals surface area contributed by atoms with Crippen molar-refractivity contribution < 1.29 is 17.9 Å². The lowest BCUT2D eigenvalue weighted by Gasteiger charge is -2.36. The largest absolute Gasteiger partial charge is 0.347 e. The van der Waals surface area contributed by atoms with Gasteiger partial charge in [0, 0.05) is 33.0 Å². The van der Waals surface area contributed by atoms with Gasteiger partial charge in [0.05, 0.1) is 24.4 Å². The van der Waals surface area contributed by atoms with E-state index in [0.29, 0.717) is 39.1 Å². The molecular weight excluding hydrogens is 306 g/mol. The molecule has 3 rings (SSSR count). The molecule has 0 atom stereocenters. The summed E-state index contributed by atoms with van der Waals surface area (Å²) in [6.45, 7) is 1.84. The summed E-state index contributed by atoms with van der Waals surface area (Å²) in [4.78, 5) is 0. The van der Waals surface area contributed by atoms with E-state index in [2.05, 4.69) is 5.10 Å². The molecule has 2 fully saturated rings. The van der Waals surface area contributed by atoms with Gasteiger partial charge in [0.2, 0.25) is 0 Å². The number of nitrogens with zero attached hydrogens (tertiary/aromatic N) is 3. The van der Waals surface area contributed by atoms with Crippen LogP contribution in [0.5, 0.6) is 0 Å². The highest BCUT2D eigenvalue weighted by atomic mass is 35.5. The third kappa shape index (κ3) is 2.25. The van der Waals surface area contributed by atoms with Gasteiger partial charge in [-0.1, -0.05) is 11.6 Å². The molecule has 0 radical (unpaired) electrons. The molecule has 0 amide bonds. The summed E-state index contributed by atoms with van der Waals surface area (Å²) in [5, 5.41) is 4.05. The standard InChI is InChI=1S/C11H16ClN3O4S/c1-14-10(9(12)8-13-14)20(16,17)15-4-2-11(3-5-15)18-6-7-19-11/h8H,2-7H2,1H3. The molecule has 1 spiro atoms. The number of sulfonamides is 1. The van der Waals surface area contributed by atoms with E-state index >= 15 is 0 Å². The minimum absolute atomic E-state index is 0.0309.